The molecule has 0 spiro atoms. The van der Waals surface area contributed by atoms with Crippen molar-refractivity contribution in [3.05, 3.63) is 70.8 Å². The number of aliphatic imine (C=N–C) groups is 1. The van der Waals surface area contributed by atoms with E-state index in [4.69, 9.17) is 10.5 Å². The summed E-state index contributed by atoms with van der Waals surface area (Å²) in [5.74, 6) is -2.40. The van der Waals surface area contributed by atoms with Gasteiger partial charge in [-0.05, 0) is 75.0 Å². The zero-order valence-corrected chi connectivity index (χ0v) is 22.1. The topological polar surface area (TPSA) is 94.0 Å². The van der Waals surface area contributed by atoms with Gasteiger partial charge in [-0.2, -0.15) is 0 Å². The van der Waals surface area contributed by atoms with Crippen LogP contribution in [-0.4, -0.2) is 49.6 Å². The summed E-state index contributed by atoms with van der Waals surface area (Å²) in [6.45, 7) is 5.76. The molecular weight excluding hydrogens is 475 g/mol. The Bertz CT molecular complexity index is 1290. The first kappa shape index (κ1) is 29.7. The fraction of sp³-hybridized carbons (Fsp3) is 0.370. The normalized spacial score (nSPS) is 12.1. The number of aromatic nitrogens is 2. The number of nitrogens with one attached hydrogen (secondary N) is 1. The first-order chi connectivity index (χ1) is 17.8. The number of hydrogen-bond acceptors (Lipinski definition) is 6. The molecule has 10 heteroatoms. The minimum absolute atomic E-state index is 0.0162. The number of hydrogen-bond donors (Lipinski definition) is 2. The van der Waals surface area contributed by atoms with Crippen LogP contribution in [0.5, 0.6) is 0 Å². The number of fused-ring (bicyclic) bond motifs is 1. The number of esters is 1. The largest absolute Gasteiger partial charge is 0.461 e. The summed E-state index contributed by atoms with van der Waals surface area (Å²) < 4.78 is 36.2. The van der Waals surface area contributed by atoms with Gasteiger partial charge in [-0.3, -0.25) is 4.99 Å². The Hall–Kier alpha value is -3.53. The number of carbonyl (C=O) groups excluding carboxylic acids is 1. The van der Waals surface area contributed by atoms with Crippen molar-refractivity contribution in [2.75, 3.05) is 20.7 Å². The maximum absolute atomic E-state index is 15.0. The summed E-state index contributed by atoms with van der Waals surface area (Å²) in [6, 6.07) is 6.42. The van der Waals surface area contributed by atoms with Crippen LogP contribution in [0.25, 0.3) is 16.8 Å². The van der Waals surface area contributed by atoms with E-state index in [-0.39, 0.29) is 24.3 Å². The highest BCUT2D eigenvalue weighted by Gasteiger charge is 2.19. The quantitative estimate of drug-likeness (QED) is 0.183. The lowest BCUT2D eigenvalue weighted by Gasteiger charge is -2.14. The van der Waals surface area contributed by atoms with Crippen LogP contribution in [-0.2, 0) is 22.5 Å². The number of nitrogens with two attached hydrogens (primary N) is 1. The van der Waals surface area contributed by atoms with E-state index in [0.29, 0.717) is 36.2 Å². The highest BCUT2D eigenvalue weighted by atomic mass is 19.2. The van der Waals surface area contributed by atoms with Crippen molar-refractivity contribution < 1.29 is 18.3 Å². The molecule has 2 aromatic heterocycles. The molecule has 3 rings (SSSR count). The number of rotatable bonds is 10. The number of allylic oxidation sites excluding steroid dienone is 1. The van der Waals surface area contributed by atoms with E-state index in [0.717, 1.165) is 23.0 Å². The van der Waals surface area contributed by atoms with Gasteiger partial charge in [0.15, 0.2) is 11.6 Å². The molecule has 3 N–H and O–H groups in total. The predicted molar refractivity (Wildman–Crippen MR) is 145 cm³/mol. The Morgan fingerprint density at radius 1 is 1.24 bits per heavy atom. The van der Waals surface area contributed by atoms with E-state index >= 15 is 0 Å². The summed E-state index contributed by atoms with van der Waals surface area (Å²) in [6.07, 6.45) is 4.68. The first-order valence-corrected chi connectivity index (χ1v) is 12.1. The molecule has 0 bridgehead atoms. The molecule has 0 atom stereocenters. The van der Waals surface area contributed by atoms with Crippen molar-refractivity contribution in [3.63, 3.8) is 0 Å². The van der Waals surface area contributed by atoms with Crippen LogP contribution in [0, 0.1) is 11.6 Å². The van der Waals surface area contributed by atoms with Gasteiger partial charge < -0.3 is 20.2 Å². The van der Waals surface area contributed by atoms with Gasteiger partial charge in [-0.15, -0.1) is 0 Å². The highest BCUT2D eigenvalue weighted by Crippen LogP contribution is 2.30. The Kier molecular flexibility index (Phi) is 11.5. The van der Waals surface area contributed by atoms with Gasteiger partial charge in [0.2, 0.25) is 0 Å². The van der Waals surface area contributed by atoms with Crippen LogP contribution in [0.4, 0.5) is 8.78 Å². The third-order valence-electron chi connectivity index (χ3n) is 5.89. The van der Waals surface area contributed by atoms with E-state index in [1.807, 2.05) is 29.8 Å². The number of pyridine rings is 1. The second-order valence-electron chi connectivity index (χ2n) is 8.09. The molecule has 0 saturated carbocycles. The number of halogens is 2. The van der Waals surface area contributed by atoms with Crippen LogP contribution in [0.15, 0.2) is 52.9 Å². The molecule has 0 saturated heterocycles. The van der Waals surface area contributed by atoms with E-state index in [1.54, 1.807) is 33.2 Å². The highest BCUT2D eigenvalue weighted by molar-refractivity contribution is 6.05. The number of carbonyl (C=O) groups is 1. The smallest absolute Gasteiger partial charge is 0.354 e. The average Bonchev–Trinajstić information content (AvgIpc) is 3.31. The summed E-state index contributed by atoms with van der Waals surface area (Å²) in [4.78, 5) is 20.7. The molecule has 7 nitrogen and oxygen atoms in total. The lowest BCUT2D eigenvalue weighted by Crippen LogP contribution is -2.20. The van der Waals surface area contributed by atoms with Crippen molar-refractivity contribution in [1.29, 1.82) is 0 Å². The van der Waals surface area contributed by atoms with Crippen LogP contribution in [0.3, 0.4) is 0 Å². The van der Waals surface area contributed by atoms with Gasteiger partial charge in [-0.25, -0.2) is 18.6 Å². The number of ether oxygens (including phenoxy) is 1. The van der Waals surface area contributed by atoms with E-state index < -0.39 is 17.6 Å². The summed E-state index contributed by atoms with van der Waals surface area (Å²) in [7, 11) is 7.95. The van der Waals surface area contributed by atoms with Gasteiger partial charge in [0.1, 0.15) is 11.3 Å². The Balaban J connectivity index is 0.00000235. The van der Waals surface area contributed by atoms with Crippen molar-refractivity contribution in [2.24, 2.45) is 10.7 Å². The SMILES string of the molecule is CCOC(=O)/C(N)=C(\CCCc1c(-c2ccc3ncc(CNC)n3c2)ccc(F)c1F)C(C)=NC.[B]C. The number of imidazole rings is 1. The monoisotopic (exact) mass is 509 g/mol. The second kappa shape index (κ2) is 14.3. The van der Waals surface area contributed by atoms with Gasteiger partial charge >= 0.3 is 5.97 Å². The fourth-order valence-corrected chi connectivity index (χ4v) is 4.03. The zero-order valence-electron chi connectivity index (χ0n) is 22.1. The maximum atomic E-state index is 15.0. The molecule has 1 aromatic carbocycles. The van der Waals surface area contributed by atoms with Crippen molar-refractivity contribution in [2.45, 2.75) is 46.5 Å². The van der Waals surface area contributed by atoms with E-state index in [2.05, 4.69) is 23.1 Å². The minimum Gasteiger partial charge on any atom is -0.461 e. The molecule has 0 aliphatic heterocycles. The second-order valence-corrected chi connectivity index (χ2v) is 8.09. The summed E-state index contributed by atoms with van der Waals surface area (Å²) >= 11 is 0. The van der Waals surface area contributed by atoms with Crippen LogP contribution in [0.1, 0.15) is 37.9 Å². The third kappa shape index (κ3) is 7.04. The van der Waals surface area contributed by atoms with Gasteiger partial charge in [-0.1, -0.05) is 12.9 Å². The fourth-order valence-electron chi connectivity index (χ4n) is 4.03. The molecule has 196 valence electrons. The molecule has 2 heterocycles. The third-order valence-corrected chi connectivity index (χ3v) is 5.89. The first-order valence-electron chi connectivity index (χ1n) is 12.1. The van der Waals surface area contributed by atoms with Crippen LogP contribution >= 0.6 is 0 Å². The van der Waals surface area contributed by atoms with Gasteiger partial charge in [0.25, 0.3) is 0 Å². The predicted octanol–water partition coefficient (Wildman–Crippen LogP) is 4.39. The summed E-state index contributed by atoms with van der Waals surface area (Å²) in [5.41, 5.74) is 10.5. The molecule has 3 aromatic rings. The number of benzene rings is 1. The van der Waals surface area contributed by atoms with E-state index in [9.17, 15) is 13.6 Å². The molecule has 0 aliphatic rings. The van der Waals surface area contributed by atoms with Crippen LogP contribution in [0.2, 0.25) is 6.82 Å². The molecule has 0 fully saturated rings. The standard InChI is InChI=1S/C26H31F2N5O2.CH3B/c1-5-35-26(34)25(29)19(16(2)31-4)7-6-8-21-20(10-11-22(27)24(21)28)17-9-12-23-32-14-18(13-30-3)33(23)15-17;1-2/h9-12,14-15,30H,5-8,13,29H2,1-4H3;1H3/b25-19-,31-16?;. The minimum atomic E-state index is -0.906. The van der Waals surface area contributed by atoms with E-state index in [1.165, 1.54) is 6.82 Å². The lowest BCUT2D eigenvalue weighted by molar-refractivity contribution is -0.138. The van der Waals surface area contributed by atoms with Crippen LogP contribution < -0.4 is 11.1 Å². The Labute approximate surface area is 218 Å². The Morgan fingerprint density at radius 2 is 1.97 bits per heavy atom. The van der Waals surface area contributed by atoms with Gasteiger partial charge in [0.05, 0.1) is 26.3 Å². The molecular formula is C27H34BF2N5O2. The van der Waals surface area contributed by atoms with Gasteiger partial charge in [0, 0.05) is 31.1 Å². The van der Waals surface area contributed by atoms with Crippen molar-refractivity contribution in [1.82, 2.24) is 14.7 Å². The molecule has 0 amide bonds. The molecule has 0 unspecified atom stereocenters. The number of nitrogens with zero attached hydrogens (tertiary/aromatic N) is 3. The lowest BCUT2D eigenvalue weighted by atomic mass is 9.94. The molecule has 37 heavy (non-hydrogen) atoms. The summed E-state index contributed by atoms with van der Waals surface area (Å²) in [5, 5.41) is 3.10. The zero-order chi connectivity index (χ0) is 27.5. The Morgan fingerprint density at radius 3 is 2.62 bits per heavy atom. The maximum Gasteiger partial charge on any atom is 0.354 e. The average molecular weight is 509 g/mol. The molecule has 0 aliphatic carbocycles. The molecule has 2 radical (unpaired) electrons. The van der Waals surface area contributed by atoms with Crippen molar-refractivity contribution >= 4 is 25.2 Å². The van der Waals surface area contributed by atoms with Crippen molar-refractivity contribution in [3.8, 4) is 11.1 Å².